The van der Waals surface area contributed by atoms with Crippen LogP contribution in [0.3, 0.4) is 0 Å². The minimum absolute atomic E-state index is 0.884. The highest BCUT2D eigenvalue weighted by atomic mass is 79.9. The third-order valence-corrected chi connectivity index (χ3v) is 2.77. The van der Waals surface area contributed by atoms with E-state index in [1.54, 1.807) is 15.6 Å². The number of pyridine rings is 1. The standard InChI is InChI=1S/C9H9N3.C4H5BrN2/c1-12-6-4-9(11-12)8-3-2-5-10-7-8;1-7-3-2-4(5)6-7/h2-7H,1H3;2-3H,1H3. The summed E-state index contributed by atoms with van der Waals surface area (Å²) < 4.78 is 4.40. The molecule has 3 aromatic heterocycles. The molecule has 0 spiro atoms. The van der Waals surface area contributed by atoms with Gasteiger partial charge in [-0.05, 0) is 40.2 Å². The zero-order chi connectivity index (χ0) is 13.7. The van der Waals surface area contributed by atoms with E-state index in [9.17, 15) is 0 Å². The molecule has 0 saturated carbocycles. The molecule has 98 valence electrons. The molecule has 0 saturated heterocycles. The summed E-state index contributed by atoms with van der Waals surface area (Å²) in [5, 5.41) is 8.20. The lowest BCUT2D eigenvalue weighted by molar-refractivity contribution is 0.760. The minimum atomic E-state index is 0.884. The zero-order valence-electron chi connectivity index (χ0n) is 10.7. The number of aryl methyl sites for hydroxylation is 2. The summed E-state index contributed by atoms with van der Waals surface area (Å²) in [6.45, 7) is 0. The zero-order valence-corrected chi connectivity index (χ0v) is 12.3. The molecule has 0 bridgehead atoms. The maximum Gasteiger partial charge on any atom is 0.128 e. The van der Waals surface area contributed by atoms with Crippen molar-refractivity contribution in [1.29, 1.82) is 0 Å². The molecule has 19 heavy (non-hydrogen) atoms. The van der Waals surface area contributed by atoms with Crippen molar-refractivity contribution >= 4 is 15.9 Å². The quantitative estimate of drug-likeness (QED) is 0.693. The number of aromatic nitrogens is 5. The Hall–Kier alpha value is -1.95. The number of hydrogen-bond acceptors (Lipinski definition) is 3. The van der Waals surface area contributed by atoms with Crippen molar-refractivity contribution in [1.82, 2.24) is 24.5 Å². The molecular formula is C13H14BrN5. The van der Waals surface area contributed by atoms with Gasteiger partial charge in [0.15, 0.2) is 0 Å². The van der Waals surface area contributed by atoms with E-state index in [1.807, 2.05) is 57.0 Å². The maximum absolute atomic E-state index is 4.26. The van der Waals surface area contributed by atoms with E-state index in [-0.39, 0.29) is 0 Å². The van der Waals surface area contributed by atoms with Gasteiger partial charge in [0.05, 0.1) is 5.69 Å². The van der Waals surface area contributed by atoms with Gasteiger partial charge < -0.3 is 0 Å². The van der Waals surface area contributed by atoms with E-state index in [4.69, 9.17) is 0 Å². The largest absolute Gasteiger partial charge is 0.275 e. The Balaban J connectivity index is 0.000000163. The van der Waals surface area contributed by atoms with Gasteiger partial charge in [-0.25, -0.2) is 0 Å². The summed E-state index contributed by atoms with van der Waals surface area (Å²) in [4.78, 5) is 4.02. The number of halogens is 1. The number of nitrogens with zero attached hydrogens (tertiary/aromatic N) is 5. The molecule has 0 aliphatic carbocycles. The lowest BCUT2D eigenvalue weighted by Crippen LogP contribution is -1.87. The molecule has 0 aliphatic rings. The molecule has 0 aliphatic heterocycles. The SMILES string of the molecule is Cn1ccc(-c2cccnc2)n1.Cn1ccc(Br)n1. The molecule has 6 heteroatoms. The second kappa shape index (κ2) is 6.29. The summed E-state index contributed by atoms with van der Waals surface area (Å²) in [7, 11) is 3.78. The van der Waals surface area contributed by atoms with Crippen molar-refractivity contribution < 1.29 is 0 Å². The highest BCUT2D eigenvalue weighted by Crippen LogP contribution is 2.13. The van der Waals surface area contributed by atoms with Crippen molar-refractivity contribution in [3.63, 3.8) is 0 Å². The van der Waals surface area contributed by atoms with Gasteiger partial charge in [0.2, 0.25) is 0 Å². The van der Waals surface area contributed by atoms with E-state index in [2.05, 4.69) is 31.1 Å². The fourth-order valence-electron chi connectivity index (χ4n) is 1.47. The predicted octanol–water partition coefficient (Wildman–Crippen LogP) is 2.66. The minimum Gasteiger partial charge on any atom is -0.275 e. The van der Waals surface area contributed by atoms with Gasteiger partial charge in [-0.1, -0.05) is 0 Å². The molecule has 0 N–H and O–H groups in total. The van der Waals surface area contributed by atoms with Gasteiger partial charge in [0.1, 0.15) is 4.60 Å². The molecule has 0 atom stereocenters. The fraction of sp³-hybridized carbons (Fsp3) is 0.154. The van der Waals surface area contributed by atoms with Gasteiger partial charge >= 0.3 is 0 Å². The highest BCUT2D eigenvalue weighted by Gasteiger charge is 1.98. The van der Waals surface area contributed by atoms with Gasteiger partial charge in [0.25, 0.3) is 0 Å². The Kier molecular flexibility index (Phi) is 4.46. The van der Waals surface area contributed by atoms with Gasteiger partial charge in [-0.2, -0.15) is 10.2 Å². The molecule has 3 heterocycles. The van der Waals surface area contributed by atoms with Crippen LogP contribution in [-0.2, 0) is 14.1 Å². The molecule has 5 nitrogen and oxygen atoms in total. The molecule has 0 radical (unpaired) electrons. The summed E-state index contributed by atoms with van der Waals surface area (Å²) in [6, 6.07) is 7.76. The Morgan fingerprint density at radius 1 is 1.00 bits per heavy atom. The van der Waals surface area contributed by atoms with Crippen molar-refractivity contribution in [2.75, 3.05) is 0 Å². The Morgan fingerprint density at radius 2 is 1.74 bits per heavy atom. The number of rotatable bonds is 1. The molecule has 0 amide bonds. The molecule has 0 fully saturated rings. The molecule has 0 aromatic carbocycles. The van der Waals surface area contributed by atoms with Crippen LogP contribution in [0.2, 0.25) is 0 Å². The Labute approximate surface area is 120 Å². The monoisotopic (exact) mass is 319 g/mol. The maximum atomic E-state index is 4.26. The van der Waals surface area contributed by atoms with Crippen LogP contribution >= 0.6 is 15.9 Å². The summed E-state index contributed by atoms with van der Waals surface area (Å²) in [5.41, 5.74) is 2.02. The second-order valence-electron chi connectivity index (χ2n) is 3.93. The van der Waals surface area contributed by atoms with E-state index in [0.717, 1.165) is 15.9 Å². The number of hydrogen-bond donors (Lipinski definition) is 0. The Bertz CT molecular complexity index is 613. The molecule has 3 aromatic rings. The lowest BCUT2D eigenvalue weighted by Gasteiger charge is -1.92. The fourth-order valence-corrected chi connectivity index (χ4v) is 1.84. The van der Waals surface area contributed by atoms with Crippen LogP contribution in [0.15, 0.2) is 53.7 Å². The average Bonchev–Trinajstić information content (AvgIpc) is 3.00. The van der Waals surface area contributed by atoms with Gasteiger partial charge in [-0.3, -0.25) is 14.3 Å². The third kappa shape index (κ3) is 4.03. The van der Waals surface area contributed by atoms with E-state index in [0.29, 0.717) is 0 Å². The van der Waals surface area contributed by atoms with E-state index >= 15 is 0 Å². The van der Waals surface area contributed by atoms with E-state index in [1.165, 1.54) is 0 Å². The molecule has 0 unspecified atom stereocenters. The van der Waals surface area contributed by atoms with Crippen molar-refractivity contribution in [3.05, 3.63) is 53.7 Å². The van der Waals surface area contributed by atoms with Gasteiger partial charge in [-0.15, -0.1) is 0 Å². The predicted molar refractivity (Wildman–Crippen MR) is 77.3 cm³/mol. The summed E-state index contributed by atoms with van der Waals surface area (Å²) in [6.07, 6.45) is 7.36. The summed E-state index contributed by atoms with van der Waals surface area (Å²) in [5.74, 6) is 0. The van der Waals surface area contributed by atoms with Crippen LogP contribution in [0.25, 0.3) is 11.3 Å². The average molecular weight is 320 g/mol. The van der Waals surface area contributed by atoms with Crippen LogP contribution in [0.5, 0.6) is 0 Å². The van der Waals surface area contributed by atoms with Crippen LogP contribution in [0.1, 0.15) is 0 Å². The van der Waals surface area contributed by atoms with Crippen molar-refractivity contribution in [2.45, 2.75) is 0 Å². The first-order valence-corrected chi connectivity index (χ1v) is 6.49. The van der Waals surface area contributed by atoms with Gasteiger partial charge in [0, 0.05) is 44.4 Å². The normalized spacial score (nSPS) is 9.84. The topological polar surface area (TPSA) is 48.5 Å². The first kappa shape index (κ1) is 13.5. The Morgan fingerprint density at radius 3 is 2.16 bits per heavy atom. The van der Waals surface area contributed by atoms with Crippen LogP contribution in [-0.4, -0.2) is 24.5 Å². The smallest absolute Gasteiger partial charge is 0.128 e. The first-order valence-electron chi connectivity index (χ1n) is 5.70. The lowest BCUT2D eigenvalue weighted by atomic mass is 10.2. The van der Waals surface area contributed by atoms with Crippen molar-refractivity contribution in [2.24, 2.45) is 14.1 Å². The van der Waals surface area contributed by atoms with Crippen LogP contribution in [0.4, 0.5) is 0 Å². The second-order valence-corrected chi connectivity index (χ2v) is 4.74. The molecular weight excluding hydrogens is 306 g/mol. The first-order chi connectivity index (χ1) is 9.15. The van der Waals surface area contributed by atoms with E-state index < -0.39 is 0 Å². The third-order valence-electron chi connectivity index (χ3n) is 2.35. The van der Waals surface area contributed by atoms with Crippen LogP contribution in [0, 0.1) is 0 Å². The summed E-state index contributed by atoms with van der Waals surface area (Å²) >= 11 is 3.20. The van der Waals surface area contributed by atoms with Crippen LogP contribution < -0.4 is 0 Å². The highest BCUT2D eigenvalue weighted by molar-refractivity contribution is 9.10. The molecule has 3 rings (SSSR count). The van der Waals surface area contributed by atoms with Crippen molar-refractivity contribution in [3.8, 4) is 11.3 Å².